The Morgan fingerprint density at radius 1 is 1.47 bits per heavy atom. The van der Waals surface area contributed by atoms with E-state index < -0.39 is 17.6 Å². The van der Waals surface area contributed by atoms with Gasteiger partial charge in [0.05, 0.1) is 4.88 Å². The first-order valence-corrected chi connectivity index (χ1v) is 5.84. The van der Waals surface area contributed by atoms with E-state index in [-0.39, 0.29) is 0 Å². The summed E-state index contributed by atoms with van der Waals surface area (Å²) in [6, 6.07) is 5.70. The third-order valence-corrected chi connectivity index (χ3v) is 3.22. The zero-order valence-electron chi connectivity index (χ0n) is 9.03. The first kappa shape index (κ1) is 11.5. The molecule has 0 aliphatic rings. The van der Waals surface area contributed by atoms with Crippen molar-refractivity contribution < 1.29 is 9.90 Å². The molecule has 0 aliphatic heterocycles. The molecule has 2 aromatic rings. The Hall–Kier alpha value is -1.95. The van der Waals surface area contributed by atoms with Gasteiger partial charge in [-0.05, 0) is 24.4 Å². The van der Waals surface area contributed by atoms with Crippen LogP contribution in [-0.4, -0.2) is 20.9 Å². The van der Waals surface area contributed by atoms with E-state index >= 15 is 0 Å². The van der Waals surface area contributed by atoms with E-state index in [4.69, 9.17) is 5.11 Å². The fourth-order valence-electron chi connectivity index (χ4n) is 1.36. The summed E-state index contributed by atoms with van der Waals surface area (Å²) >= 11 is 1.49. The molecule has 17 heavy (non-hydrogen) atoms. The highest BCUT2D eigenvalue weighted by Gasteiger charge is 2.16. The molecular weight excluding hydrogens is 240 g/mol. The minimum absolute atomic E-state index is 0.416. The maximum atomic E-state index is 11.5. The molecule has 1 unspecified atom stereocenters. The van der Waals surface area contributed by atoms with Gasteiger partial charge in [-0.2, -0.15) is 5.10 Å². The molecule has 88 valence electrons. The molecule has 2 aromatic heterocycles. The van der Waals surface area contributed by atoms with E-state index in [1.807, 2.05) is 17.5 Å². The van der Waals surface area contributed by atoms with Gasteiger partial charge in [-0.3, -0.25) is 4.79 Å². The number of aliphatic carboxylic acids is 1. The van der Waals surface area contributed by atoms with Gasteiger partial charge < -0.3 is 5.11 Å². The van der Waals surface area contributed by atoms with Gasteiger partial charge in [0, 0.05) is 6.07 Å². The van der Waals surface area contributed by atoms with E-state index in [9.17, 15) is 9.59 Å². The number of hydrogen-bond acceptors (Lipinski definition) is 4. The number of carboxylic acid groups (broad SMARTS) is 1. The summed E-state index contributed by atoms with van der Waals surface area (Å²) in [4.78, 5) is 23.3. The van der Waals surface area contributed by atoms with Crippen LogP contribution in [0.5, 0.6) is 0 Å². The van der Waals surface area contributed by atoms with E-state index in [0.717, 1.165) is 9.56 Å². The Balaban J connectivity index is 2.50. The molecule has 0 radical (unpaired) electrons. The van der Waals surface area contributed by atoms with Crippen LogP contribution in [0.15, 0.2) is 34.4 Å². The maximum absolute atomic E-state index is 11.5. The fourth-order valence-corrected chi connectivity index (χ4v) is 2.05. The summed E-state index contributed by atoms with van der Waals surface area (Å²) in [6.07, 6.45) is 0. The third-order valence-electron chi connectivity index (χ3n) is 2.32. The average Bonchev–Trinajstić information content (AvgIpc) is 2.82. The Morgan fingerprint density at radius 3 is 2.82 bits per heavy atom. The second-order valence-electron chi connectivity index (χ2n) is 3.49. The highest BCUT2D eigenvalue weighted by molar-refractivity contribution is 7.13. The lowest BCUT2D eigenvalue weighted by Gasteiger charge is -2.09. The van der Waals surface area contributed by atoms with Gasteiger partial charge in [0.2, 0.25) is 0 Å². The van der Waals surface area contributed by atoms with Crippen LogP contribution >= 0.6 is 11.3 Å². The number of carbonyl (C=O) groups is 1. The van der Waals surface area contributed by atoms with Gasteiger partial charge in [-0.1, -0.05) is 6.07 Å². The lowest BCUT2D eigenvalue weighted by molar-refractivity contribution is -0.140. The molecule has 5 nitrogen and oxygen atoms in total. The lowest BCUT2D eigenvalue weighted by Crippen LogP contribution is -2.29. The fraction of sp³-hybridized carbons (Fsp3) is 0.182. The van der Waals surface area contributed by atoms with Crippen LogP contribution in [0.3, 0.4) is 0 Å². The third kappa shape index (κ3) is 2.26. The number of carboxylic acids is 1. The van der Waals surface area contributed by atoms with Crippen LogP contribution in [0.25, 0.3) is 10.6 Å². The highest BCUT2D eigenvalue weighted by atomic mass is 32.1. The molecule has 0 spiro atoms. The predicted molar refractivity (Wildman–Crippen MR) is 64.2 cm³/mol. The van der Waals surface area contributed by atoms with Gasteiger partial charge >= 0.3 is 5.97 Å². The van der Waals surface area contributed by atoms with Crippen molar-refractivity contribution in [3.63, 3.8) is 0 Å². The standard InChI is InChI=1S/C11H10N2O3S/c1-7(11(15)16)13-10(14)5-4-8(12-13)9-3-2-6-17-9/h2-7H,1H3,(H,15,16). The second-order valence-corrected chi connectivity index (χ2v) is 4.44. The van der Waals surface area contributed by atoms with Crippen molar-refractivity contribution in [3.05, 3.63) is 40.0 Å². The van der Waals surface area contributed by atoms with E-state index in [2.05, 4.69) is 5.10 Å². The van der Waals surface area contributed by atoms with Crippen molar-refractivity contribution in [1.29, 1.82) is 0 Å². The minimum atomic E-state index is -1.08. The van der Waals surface area contributed by atoms with Gasteiger partial charge in [-0.15, -0.1) is 11.3 Å². The quantitative estimate of drug-likeness (QED) is 0.898. The van der Waals surface area contributed by atoms with Crippen molar-refractivity contribution in [2.75, 3.05) is 0 Å². The zero-order chi connectivity index (χ0) is 12.4. The van der Waals surface area contributed by atoms with E-state index in [1.165, 1.54) is 24.3 Å². The van der Waals surface area contributed by atoms with Crippen molar-refractivity contribution in [2.24, 2.45) is 0 Å². The SMILES string of the molecule is CC(C(=O)O)n1nc(-c2cccs2)ccc1=O. The van der Waals surface area contributed by atoms with Gasteiger partial charge in [0.1, 0.15) is 5.69 Å². The molecule has 0 amide bonds. The van der Waals surface area contributed by atoms with Crippen molar-refractivity contribution >= 4 is 17.3 Å². The van der Waals surface area contributed by atoms with Crippen molar-refractivity contribution in [1.82, 2.24) is 9.78 Å². The molecule has 1 atom stereocenters. The molecule has 1 N–H and O–H groups in total. The number of rotatable bonds is 3. The summed E-state index contributed by atoms with van der Waals surface area (Å²) in [5.41, 5.74) is 0.188. The predicted octanol–water partition coefficient (Wildman–Crippen LogP) is 1.62. The molecule has 0 saturated heterocycles. The Kier molecular flexibility index (Phi) is 3.06. The van der Waals surface area contributed by atoms with E-state index in [0.29, 0.717) is 5.69 Å². The summed E-state index contributed by atoms with van der Waals surface area (Å²) in [6.45, 7) is 1.43. The average molecular weight is 250 g/mol. The summed E-state index contributed by atoms with van der Waals surface area (Å²) in [7, 11) is 0. The molecule has 6 heteroatoms. The van der Waals surface area contributed by atoms with Crippen LogP contribution in [0, 0.1) is 0 Å². The minimum Gasteiger partial charge on any atom is -0.480 e. The zero-order valence-corrected chi connectivity index (χ0v) is 9.85. The maximum Gasteiger partial charge on any atom is 0.328 e. The Labute approximate surface area is 101 Å². The van der Waals surface area contributed by atoms with Crippen molar-refractivity contribution in [3.8, 4) is 10.6 Å². The van der Waals surface area contributed by atoms with Crippen LogP contribution in [0.4, 0.5) is 0 Å². The van der Waals surface area contributed by atoms with Gasteiger partial charge in [0.25, 0.3) is 5.56 Å². The highest BCUT2D eigenvalue weighted by Crippen LogP contribution is 2.21. The molecule has 0 bridgehead atoms. The summed E-state index contributed by atoms with van der Waals surface area (Å²) in [5, 5.41) is 14.8. The number of thiophene rings is 1. The van der Waals surface area contributed by atoms with E-state index in [1.54, 1.807) is 6.07 Å². The first-order valence-electron chi connectivity index (χ1n) is 4.96. The van der Waals surface area contributed by atoms with Gasteiger partial charge in [0.15, 0.2) is 6.04 Å². The van der Waals surface area contributed by atoms with Crippen LogP contribution in [-0.2, 0) is 4.79 Å². The molecule has 2 heterocycles. The molecular formula is C11H10N2O3S. The van der Waals surface area contributed by atoms with Crippen LogP contribution < -0.4 is 5.56 Å². The first-order chi connectivity index (χ1) is 8.09. The monoisotopic (exact) mass is 250 g/mol. The second kappa shape index (κ2) is 4.50. The lowest BCUT2D eigenvalue weighted by atomic mass is 10.3. The molecule has 0 aromatic carbocycles. The van der Waals surface area contributed by atoms with Crippen LogP contribution in [0.2, 0.25) is 0 Å². The van der Waals surface area contributed by atoms with Crippen molar-refractivity contribution in [2.45, 2.75) is 13.0 Å². The number of aromatic nitrogens is 2. The smallest absolute Gasteiger partial charge is 0.328 e. The molecule has 0 fully saturated rings. The normalized spacial score (nSPS) is 12.3. The van der Waals surface area contributed by atoms with Gasteiger partial charge in [-0.25, -0.2) is 9.48 Å². The molecule has 0 aliphatic carbocycles. The Morgan fingerprint density at radius 2 is 2.24 bits per heavy atom. The number of hydrogen-bond donors (Lipinski definition) is 1. The molecule has 0 saturated carbocycles. The van der Waals surface area contributed by atoms with Crippen LogP contribution in [0.1, 0.15) is 13.0 Å². The number of nitrogens with zero attached hydrogens (tertiary/aromatic N) is 2. The molecule has 2 rings (SSSR count). The largest absolute Gasteiger partial charge is 0.480 e. The topological polar surface area (TPSA) is 72.2 Å². The summed E-state index contributed by atoms with van der Waals surface area (Å²) in [5.74, 6) is -1.08. The summed E-state index contributed by atoms with van der Waals surface area (Å²) < 4.78 is 0.984. The Bertz CT molecular complexity index is 589.